The van der Waals surface area contributed by atoms with Crippen LogP contribution in [0.4, 0.5) is 5.82 Å². The van der Waals surface area contributed by atoms with E-state index in [9.17, 15) is 9.90 Å². The van der Waals surface area contributed by atoms with Crippen molar-refractivity contribution in [3.8, 4) is 0 Å². The lowest BCUT2D eigenvalue weighted by molar-refractivity contribution is 0.0699. The van der Waals surface area contributed by atoms with Crippen molar-refractivity contribution in [1.82, 2.24) is 9.88 Å². The molecule has 0 saturated carbocycles. The van der Waals surface area contributed by atoms with Gasteiger partial charge in [0, 0.05) is 11.9 Å². The number of hydrogen-bond acceptors (Lipinski definition) is 4. The maximum absolute atomic E-state index is 11.6. The van der Waals surface area contributed by atoms with Crippen molar-refractivity contribution in [2.24, 2.45) is 11.8 Å². The number of nitrogens with one attached hydrogen (secondary N) is 1. The third-order valence-electron chi connectivity index (χ3n) is 5.25. The molecule has 0 radical (unpaired) electrons. The zero-order chi connectivity index (χ0) is 18.5. The minimum Gasteiger partial charge on any atom is -0.478 e. The van der Waals surface area contributed by atoms with Gasteiger partial charge in [-0.25, -0.2) is 9.78 Å². The lowest BCUT2D eigenvalue weighted by atomic mass is 9.96. The molecule has 1 saturated heterocycles. The van der Waals surface area contributed by atoms with Gasteiger partial charge in [-0.2, -0.15) is 0 Å². The van der Waals surface area contributed by atoms with E-state index in [1.807, 2.05) is 24.3 Å². The van der Waals surface area contributed by atoms with E-state index in [0.717, 1.165) is 31.1 Å². The summed E-state index contributed by atoms with van der Waals surface area (Å²) in [6.07, 6.45) is 3.64. The summed E-state index contributed by atoms with van der Waals surface area (Å²) in [6.45, 7) is 8.92. The molecule has 2 aromatic rings. The van der Waals surface area contributed by atoms with E-state index in [2.05, 4.69) is 29.0 Å². The molecule has 0 bridgehead atoms. The number of rotatable bonds is 7. The number of para-hydroxylation sites is 1. The Balaban J connectivity index is 1.58. The van der Waals surface area contributed by atoms with Gasteiger partial charge in [-0.3, -0.25) is 0 Å². The number of pyridine rings is 1. The van der Waals surface area contributed by atoms with Crippen LogP contribution in [0.25, 0.3) is 10.9 Å². The van der Waals surface area contributed by atoms with Crippen LogP contribution in [0.1, 0.15) is 43.5 Å². The van der Waals surface area contributed by atoms with Crippen LogP contribution in [0.15, 0.2) is 30.3 Å². The molecule has 1 fully saturated rings. The van der Waals surface area contributed by atoms with Crippen LogP contribution in [0, 0.1) is 11.8 Å². The Morgan fingerprint density at radius 2 is 2.04 bits per heavy atom. The van der Waals surface area contributed by atoms with E-state index < -0.39 is 5.97 Å². The number of benzene rings is 1. The molecular formula is C21H29N3O2. The number of carboxylic acids is 1. The Bertz CT molecular complexity index is 752. The van der Waals surface area contributed by atoms with Crippen LogP contribution in [0.2, 0.25) is 0 Å². The Morgan fingerprint density at radius 3 is 2.73 bits per heavy atom. The van der Waals surface area contributed by atoms with E-state index in [1.54, 1.807) is 6.07 Å². The quantitative estimate of drug-likeness (QED) is 0.783. The van der Waals surface area contributed by atoms with Gasteiger partial charge >= 0.3 is 5.97 Å². The second kappa shape index (κ2) is 8.49. The number of likely N-dealkylation sites (tertiary alicyclic amines) is 1. The number of piperidine rings is 1. The fourth-order valence-corrected chi connectivity index (χ4v) is 3.55. The Morgan fingerprint density at radius 1 is 1.31 bits per heavy atom. The summed E-state index contributed by atoms with van der Waals surface area (Å²) < 4.78 is 0. The van der Waals surface area contributed by atoms with E-state index in [-0.39, 0.29) is 0 Å². The van der Waals surface area contributed by atoms with Crippen LogP contribution < -0.4 is 5.32 Å². The number of aromatic nitrogens is 1. The predicted molar refractivity (Wildman–Crippen MR) is 106 cm³/mol. The number of carbonyl (C=O) groups is 1. The van der Waals surface area contributed by atoms with Crippen LogP contribution in [-0.4, -0.2) is 47.1 Å². The summed E-state index contributed by atoms with van der Waals surface area (Å²) >= 11 is 0. The minimum absolute atomic E-state index is 0.307. The number of anilines is 1. The van der Waals surface area contributed by atoms with Crippen LogP contribution in [0.3, 0.4) is 0 Å². The number of fused-ring (bicyclic) bond motifs is 1. The average molecular weight is 355 g/mol. The van der Waals surface area contributed by atoms with Crippen LogP contribution in [-0.2, 0) is 0 Å². The average Bonchev–Trinajstić information content (AvgIpc) is 2.64. The number of aromatic carboxylic acids is 1. The molecule has 1 aromatic carbocycles. The normalized spacial score (nSPS) is 16.3. The Kier molecular flexibility index (Phi) is 6.09. The van der Waals surface area contributed by atoms with E-state index in [4.69, 9.17) is 0 Å². The number of nitrogens with zero attached hydrogens (tertiary/aromatic N) is 2. The van der Waals surface area contributed by atoms with E-state index in [0.29, 0.717) is 22.7 Å². The molecular weight excluding hydrogens is 326 g/mol. The lowest BCUT2D eigenvalue weighted by Gasteiger charge is -2.32. The Hall–Kier alpha value is -2.14. The van der Waals surface area contributed by atoms with E-state index >= 15 is 0 Å². The molecule has 1 aromatic heterocycles. The van der Waals surface area contributed by atoms with Crippen molar-refractivity contribution in [2.75, 3.05) is 31.5 Å². The summed E-state index contributed by atoms with van der Waals surface area (Å²) in [5.41, 5.74) is 1.03. The van der Waals surface area contributed by atoms with Crippen molar-refractivity contribution >= 4 is 22.7 Å². The first kappa shape index (κ1) is 18.6. The van der Waals surface area contributed by atoms with Gasteiger partial charge in [-0.15, -0.1) is 0 Å². The SMILES string of the molecule is CC(C)CCN1CCC(CNc2cc(C(=O)O)c3ccccc3n2)CC1. The third kappa shape index (κ3) is 4.73. The minimum atomic E-state index is -0.912. The second-order valence-electron chi connectivity index (χ2n) is 7.73. The van der Waals surface area contributed by atoms with Gasteiger partial charge in [0.25, 0.3) is 0 Å². The molecule has 0 aliphatic carbocycles. The van der Waals surface area contributed by atoms with Gasteiger partial charge in [0.1, 0.15) is 5.82 Å². The molecule has 2 N–H and O–H groups in total. The lowest BCUT2D eigenvalue weighted by Crippen LogP contribution is -2.36. The molecule has 2 heterocycles. The largest absolute Gasteiger partial charge is 0.478 e. The van der Waals surface area contributed by atoms with Gasteiger partial charge in [0.15, 0.2) is 0 Å². The van der Waals surface area contributed by atoms with Crippen LogP contribution in [0.5, 0.6) is 0 Å². The monoisotopic (exact) mass is 355 g/mol. The second-order valence-corrected chi connectivity index (χ2v) is 7.73. The highest BCUT2D eigenvalue weighted by molar-refractivity contribution is 6.03. The summed E-state index contributed by atoms with van der Waals surface area (Å²) in [6, 6.07) is 9.05. The summed E-state index contributed by atoms with van der Waals surface area (Å²) in [5, 5.41) is 13.5. The smallest absolute Gasteiger partial charge is 0.336 e. The molecule has 1 aliphatic rings. The molecule has 0 amide bonds. The molecule has 0 spiro atoms. The molecule has 5 heteroatoms. The molecule has 5 nitrogen and oxygen atoms in total. The molecule has 140 valence electrons. The summed E-state index contributed by atoms with van der Waals surface area (Å²) in [4.78, 5) is 18.7. The van der Waals surface area contributed by atoms with E-state index in [1.165, 1.54) is 25.8 Å². The maximum Gasteiger partial charge on any atom is 0.336 e. The molecule has 3 rings (SSSR count). The molecule has 1 aliphatic heterocycles. The van der Waals surface area contributed by atoms with Crippen LogP contribution >= 0.6 is 0 Å². The summed E-state index contributed by atoms with van der Waals surface area (Å²) in [5.74, 6) is 1.12. The van der Waals surface area contributed by atoms with Gasteiger partial charge in [0.2, 0.25) is 0 Å². The highest BCUT2D eigenvalue weighted by Gasteiger charge is 2.19. The highest BCUT2D eigenvalue weighted by atomic mass is 16.4. The topological polar surface area (TPSA) is 65.5 Å². The first-order valence-corrected chi connectivity index (χ1v) is 9.62. The van der Waals surface area contributed by atoms with Crippen molar-refractivity contribution in [2.45, 2.75) is 33.1 Å². The van der Waals surface area contributed by atoms with Gasteiger partial charge in [-0.1, -0.05) is 32.0 Å². The fraction of sp³-hybridized carbons (Fsp3) is 0.524. The molecule has 0 unspecified atom stereocenters. The molecule has 0 atom stereocenters. The van der Waals surface area contributed by atoms with Gasteiger partial charge < -0.3 is 15.3 Å². The van der Waals surface area contributed by atoms with Crippen molar-refractivity contribution < 1.29 is 9.90 Å². The number of hydrogen-bond donors (Lipinski definition) is 2. The van der Waals surface area contributed by atoms with Crippen molar-refractivity contribution in [3.05, 3.63) is 35.9 Å². The van der Waals surface area contributed by atoms with Crippen molar-refractivity contribution in [3.63, 3.8) is 0 Å². The van der Waals surface area contributed by atoms with Gasteiger partial charge in [0.05, 0.1) is 11.1 Å². The maximum atomic E-state index is 11.6. The number of carboxylic acid groups (broad SMARTS) is 1. The fourth-order valence-electron chi connectivity index (χ4n) is 3.55. The summed E-state index contributed by atoms with van der Waals surface area (Å²) in [7, 11) is 0. The zero-order valence-corrected chi connectivity index (χ0v) is 15.7. The molecule has 26 heavy (non-hydrogen) atoms. The Labute approximate surface area is 155 Å². The predicted octanol–water partition coefficient (Wildman–Crippen LogP) is 4.10. The first-order chi connectivity index (χ1) is 12.5. The third-order valence-corrected chi connectivity index (χ3v) is 5.25. The van der Waals surface area contributed by atoms with Crippen molar-refractivity contribution in [1.29, 1.82) is 0 Å². The standard InChI is InChI=1S/C21H29N3O2/c1-15(2)7-10-24-11-8-16(9-12-24)14-22-20-13-18(21(25)26)17-5-3-4-6-19(17)23-20/h3-6,13,15-16H,7-12,14H2,1-2H3,(H,22,23)(H,25,26). The highest BCUT2D eigenvalue weighted by Crippen LogP contribution is 2.23. The zero-order valence-electron chi connectivity index (χ0n) is 15.7. The van der Waals surface area contributed by atoms with Gasteiger partial charge in [-0.05, 0) is 62.9 Å². The first-order valence-electron chi connectivity index (χ1n) is 9.62.